The number of hydrogen-bond donors (Lipinski definition) is 1. The maximum Gasteiger partial charge on any atom is 0.251 e. The number of aryl methyl sites for hydroxylation is 3. The van der Waals surface area contributed by atoms with E-state index in [0.29, 0.717) is 12.5 Å². The van der Waals surface area contributed by atoms with Crippen LogP contribution in [0.15, 0.2) is 23.1 Å². The molecule has 0 saturated heterocycles. The van der Waals surface area contributed by atoms with E-state index >= 15 is 0 Å². The topological polar surface area (TPSA) is 64.0 Å². The van der Waals surface area contributed by atoms with Crippen molar-refractivity contribution in [2.75, 3.05) is 6.54 Å². The molecule has 0 bridgehead atoms. The van der Waals surface area contributed by atoms with Gasteiger partial charge in [0.2, 0.25) is 5.91 Å². The summed E-state index contributed by atoms with van der Waals surface area (Å²) < 4.78 is 1.43. The van der Waals surface area contributed by atoms with Gasteiger partial charge in [-0.05, 0) is 44.7 Å². The number of aromatic nitrogens is 2. The Hall–Kier alpha value is -1.95. The second kappa shape index (κ2) is 6.66. The number of nitrogens with one attached hydrogen (secondary N) is 1. The maximum atomic E-state index is 12.1. The lowest BCUT2D eigenvalue weighted by Crippen LogP contribution is -2.35. The van der Waals surface area contributed by atoms with Crippen molar-refractivity contribution < 1.29 is 4.79 Å². The van der Waals surface area contributed by atoms with Gasteiger partial charge in [0.25, 0.3) is 5.56 Å². The largest absolute Gasteiger partial charge is 0.354 e. The van der Waals surface area contributed by atoms with Crippen molar-refractivity contribution in [2.24, 2.45) is 0 Å². The smallest absolute Gasteiger partial charge is 0.251 e. The van der Waals surface area contributed by atoms with Gasteiger partial charge in [-0.1, -0.05) is 0 Å². The van der Waals surface area contributed by atoms with E-state index in [9.17, 15) is 9.59 Å². The van der Waals surface area contributed by atoms with Crippen LogP contribution in [0.3, 0.4) is 0 Å². The Morgan fingerprint density at radius 1 is 1.48 bits per heavy atom. The highest BCUT2D eigenvalue weighted by Crippen LogP contribution is 2.34. The number of nitrogens with zero attached hydrogens (tertiary/aromatic N) is 2. The summed E-state index contributed by atoms with van der Waals surface area (Å²) in [5.74, 6) is 0.164. The number of thiazole rings is 1. The minimum atomic E-state index is -0.143. The summed E-state index contributed by atoms with van der Waals surface area (Å²) in [7, 11) is 0. The van der Waals surface area contributed by atoms with Crippen LogP contribution in [0.25, 0.3) is 0 Å². The first-order valence-electron chi connectivity index (χ1n) is 7.93. The summed E-state index contributed by atoms with van der Waals surface area (Å²) in [6.07, 6.45) is 4.97. The van der Waals surface area contributed by atoms with E-state index in [1.165, 1.54) is 9.44 Å². The number of amides is 1. The van der Waals surface area contributed by atoms with Crippen molar-refractivity contribution in [1.82, 2.24) is 14.9 Å². The quantitative estimate of drug-likeness (QED) is 0.934. The lowest BCUT2D eigenvalue weighted by Gasteiger charge is -2.21. The van der Waals surface area contributed by atoms with Gasteiger partial charge in [0, 0.05) is 29.6 Å². The number of hydrogen-bond acceptors (Lipinski definition) is 4. The number of fused-ring (bicyclic) bond motifs is 1. The van der Waals surface area contributed by atoms with Crippen LogP contribution in [0.4, 0.5) is 0 Å². The van der Waals surface area contributed by atoms with Gasteiger partial charge >= 0.3 is 0 Å². The Morgan fingerprint density at radius 3 is 3.09 bits per heavy atom. The fourth-order valence-corrected chi connectivity index (χ4v) is 4.08. The summed E-state index contributed by atoms with van der Waals surface area (Å²) in [5.41, 5.74) is 1.92. The molecule has 3 rings (SSSR count). The van der Waals surface area contributed by atoms with E-state index < -0.39 is 0 Å². The van der Waals surface area contributed by atoms with Crippen molar-refractivity contribution in [3.63, 3.8) is 0 Å². The second-order valence-corrected chi connectivity index (χ2v) is 7.39. The Balaban J connectivity index is 1.60. The molecule has 0 radical (unpaired) electrons. The number of pyridine rings is 1. The predicted octanol–water partition coefficient (Wildman–Crippen LogP) is 2.16. The predicted molar refractivity (Wildman–Crippen MR) is 91.0 cm³/mol. The fourth-order valence-electron chi connectivity index (χ4n) is 3.01. The van der Waals surface area contributed by atoms with E-state index in [2.05, 4.69) is 10.3 Å². The average molecular weight is 331 g/mol. The maximum absolute atomic E-state index is 12.1. The Kier molecular flexibility index (Phi) is 4.61. The Morgan fingerprint density at radius 2 is 2.30 bits per heavy atom. The lowest BCUT2D eigenvalue weighted by atomic mass is 9.91. The molecule has 1 aliphatic carbocycles. The monoisotopic (exact) mass is 331 g/mol. The highest BCUT2D eigenvalue weighted by atomic mass is 32.1. The van der Waals surface area contributed by atoms with Crippen LogP contribution in [0.5, 0.6) is 0 Å². The first-order chi connectivity index (χ1) is 11.0. The van der Waals surface area contributed by atoms with Gasteiger partial charge in [-0.15, -0.1) is 11.3 Å². The molecule has 1 N–H and O–H groups in total. The summed E-state index contributed by atoms with van der Waals surface area (Å²) in [6, 6.07) is 3.37. The third-order valence-electron chi connectivity index (χ3n) is 4.19. The molecule has 122 valence electrons. The van der Waals surface area contributed by atoms with E-state index in [-0.39, 0.29) is 18.0 Å². The molecule has 5 nitrogen and oxygen atoms in total. The number of carbonyl (C=O) groups is 1. The molecular weight excluding hydrogens is 310 g/mol. The van der Waals surface area contributed by atoms with E-state index in [4.69, 9.17) is 0 Å². The Labute approximate surface area is 139 Å². The average Bonchev–Trinajstić information content (AvgIpc) is 2.88. The van der Waals surface area contributed by atoms with Crippen LogP contribution in [-0.4, -0.2) is 22.0 Å². The normalized spacial score (nSPS) is 16.9. The minimum Gasteiger partial charge on any atom is -0.354 e. The molecule has 6 heteroatoms. The van der Waals surface area contributed by atoms with Crippen molar-refractivity contribution in [2.45, 2.75) is 45.6 Å². The standard InChI is InChI=1S/C17H21N3O2S/c1-11-6-7-20(16(22)8-11)10-15(21)18-9-13-4-3-5-14-17(13)19-12(2)23-14/h6-8,13H,3-5,9-10H2,1-2H3,(H,18,21). The van der Waals surface area contributed by atoms with Crippen LogP contribution < -0.4 is 10.9 Å². The van der Waals surface area contributed by atoms with Gasteiger partial charge in [0.1, 0.15) is 6.54 Å². The zero-order chi connectivity index (χ0) is 16.4. The zero-order valence-corrected chi connectivity index (χ0v) is 14.3. The summed E-state index contributed by atoms with van der Waals surface area (Å²) in [5, 5.41) is 4.06. The van der Waals surface area contributed by atoms with E-state index in [1.807, 2.05) is 19.9 Å². The summed E-state index contributed by atoms with van der Waals surface area (Å²) in [6.45, 7) is 4.55. The highest BCUT2D eigenvalue weighted by Gasteiger charge is 2.24. The van der Waals surface area contributed by atoms with Crippen molar-refractivity contribution >= 4 is 17.2 Å². The third-order valence-corrected chi connectivity index (χ3v) is 5.24. The molecule has 0 fully saturated rings. The number of rotatable bonds is 4. The van der Waals surface area contributed by atoms with Gasteiger partial charge < -0.3 is 9.88 Å². The van der Waals surface area contributed by atoms with Crippen molar-refractivity contribution in [3.05, 3.63) is 49.8 Å². The van der Waals surface area contributed by atoms with Crippen LogP contribution in [0.2, 0.25) is 0 Å². The molecule has 2 heterocycles. The van der Waals surface area contributed by atoms with Crippen LogP contribution in [0.1, 0.15) is 39.9 Å². The lowest BCUT2D eigenvalue weighted by molar-refractivity contribution is -0.121. The molecule has 2 aromatic heterocycles. The Bertz CT molecular complexity index is 778. The van der Waals surface area contributed by atoms with Gasteiger partial charge in [-0.2, -0.15) is 0 Å². The van der Waals surface area contributed by atoms with Crippen LogP contribution in [-0.2, 0) is 17.8 Å². The van der Waals surface area contributed by atoms with E-state index in [0.717, 1.165) is 35.5 Å². The van der Waals surface area contributed by atoms with Gasteiger partial charge in [0.15, 0.2) is 0 Å². The van der Waals surface area contributed by atoms with Crippen LogP contribution in [0, 0.1) is 13.8 Å². The minimum absolute atomic E-state index is 0.0643. The highest BCUT2D eigenvalue weighted by molar-refractivity contribution is 7.11. The third kappa shape index (κ3) is 3.69. The number of carbonyl (C=O) groups excluding carboxylic acids is 1. The fraction of sp³-hybridized carbons (Fsp3) is 0.471. The molecule has 0 aromatic carbocycles. The molecule has 23 heavy (non-hydrogen) atoms. The van der Waals surface area contributed by atoms with Gasteiger partial charge in [-0.25, -0.2) is 4.98 Å². The molecule has 1 aliphatic rings. The van der Waals surface area contributed by atoms with Gasteiger partial charge in [-0.3, -0.25) is 9.59 Å². The van der Waals surface area contributed by atoms with Crippen molar-refractivity contribution in [3.8, 4) is 0 Å². The molecular formula is C17H21N3O2S. The molecule has 1 amide bonds. The van der Waals surface area contributed by atoms with Crippen LogP contribution >= 0.6 is 11.3 Å². The van der Waals surface area contributed by atoms with Crippen molar-refractivity contribution in [1.29, 1.82) is 0 Å². The molecule has 0 spiro atoms. The molecule has 2 aromatic rings. The SMILES string of the molecule is Cc1ccn(CC(=O)NCC2CCCc3sc(C)nc32)c(=O)c1. The molecule has 0 aliphatic heterocycles. The van der Waals surface area contributed by atoms with Gasteiger partial charge in [0.05, 0.1) is 10.7 Å². The summed E-state index contributed by atoms with van der Waals surface area (Å²) in [4.78, 5) is 29.9. The van der Waals surface area contributed by atoms with E-state index in [1.54, 1.807) is 23.6 Å². The first-order valence-corrected chi connectivity index (χ1v) is 8.74. The zero-order valence-electron chi connectivity index (χ0n) is 13.5. The summed E-state index contributed by atoms with van der Waals surface area (Å²) >= 11 is 1.76. The first kappa shape index (κ1) is 15.9. The second-order valence-electron chi connectivity index (χ2n) is 6.10. The molecule has 1 unspecified atom stereocenters. The molecule has 1 atom stereocenters. The molecule has 0 saturated carbocycles.